The molecule has 6 rings (SSSR count). The number of aliphatic carboxylic acids is 2. The fraction of sp³-hybridized carbons (Fsp3) is 0.471. The lowest BCUT2D eigenvalue weighted by molar-refractivity contribution is -0.143. The fourth-order valence-electron chi connectivity index (χ4n) is 11.7. The van der Waals surface area contributed by atoms with Gasteiger partial charge in [-0.15, -0.1) is 0 Å². The van der Waals surface area contributed by atoms with Gasteiger partial charge in [-0.2, -0.15) is 11.8 Å². The highest BCUT2D eigenvalue weighted by Crippen LogP contribution is 2.23. The predicted octanol–water partition coefficient (Wildman–Crippen LogP) is -3.27. The third kappa shape index (κ3) is 24.7. The highest BCUT2D eigenvalue weighted by Gasteiger charge is 2.41. The number of aromatic nitrogens is 2. The molecule has 36 heteroatoms. The Hall–Kier alpha value is -10.8. The number of aliphatic hydroxyl groups excluding tert-OH is 2. The number of thioether (sulfide) groups is 1. The Morgan fingerprint density at radius 1 is 0.577 bits per heavy atom. The van der Waals surface area contributed by atoms with E-state index in [-0.39, 0.29) is 94.3 Å². The van der Waals surface area contributed by atoms with Gasteiger partial charge in [-0.25, -0.2) is 4.79 Å². The minimum absolute atomic E-state index is 0.0150. The standard InChI is InChI=1S/C68H93N17O18S/c1-35(2)26-51(67(102)103)82-63(98)50(30-55(70)89)81-59(94)46(20-21-56(90)91)77-62(97)49(29-38-32-75-44-13-7-5-11-41(38)44)80-60(95)47(22-25-104-3)78-64(99)52(33-86)83-65(100)54-15-9-24-85(54)66(101)53(34-87)84-58(93)45(14-8-23-73-68(71)72)76-61(96)48(27-36-16-18-39(88)19-17-36)79-57(92)42(69)28-37-31-74-43-12-6-4-10-40(37)43/h4-7,10-13,16-19,31-32,35,42,45-54,74-75,86-88H,8-9,14-15,20-30,33-34,69H2,1-3H3,(H2,70,89)(H,76,96)(H,77,97)(H,78,99)(H,79,92)(H,80,95)(H,81,94)(H,82,98)(H,83,100)(H,84,93)(H,90,91)(H,102,103)(H4,71,72,73)/t42-,45-,46-,47-,48-,49-,50-,51-,52-,53-,54-/m0/s1. The maximum absolute atomic E-state index is 14.6. The minimum atomic E-state index is -1.81. The van der Waals surface area contributed by atoms with Crippen molar-refractivity contribution in [2.24, 2.45) is 33.8 Å². The Labute approximate surface area is 601 Å². The van der Waals surface area contributed by atoms with Crippen LogP contribution in [0.3, 0.4) is 0 Å². The van der Waals surface area contributed by atoms with Crippen molar-refractivity contribution in [2.45, 2.75) is 157 Å². The van der Waals surface area contributed by atoms with E-state index < -0.39 is 176 Å². The number of likely N-dealkylation sites (tertiary alicyclic amines) is 1. The van der Waals surface area contributed by atoms with Crippen LogP contribution in [0.5, 0.6) is 5.75 Å². The maximum Gasteiger partial charge on any atom is 0.326 e. The molecule has 3 aromatic carbocycles. The van der Waals surface area contributed by atoms with Gasteiger partial charge in [-0.05, 0) is 110 Å². The number of nitrogens with one attached hydrogen (secondary N) is 11. The van der Waals surface area contributed by atoms with Crippen LogP contribution in [0.25, 0.3) is 21.8 Å². The number of aliphatic imine (C=N–C) groups is 1. The number of carboxylic acid groups (broad SMARTS) is 2. The molecule has 11 amide bonds. The average molecular weight is 1470 g/mol. The van der Waals surface area contributed by atoms with Gasteiger partial charge in [0.1, 0.15) is 66.2 Å². The van der Waals surface area contributed by atoms with Crippen molar-refractivity contribution in [2.75, 3.05) is 38.3 Å². The Bertz CT molecular complexity index is 3880. The average Bonchev–Trinajstić information content (AvgIpc) is 1.67. The normalized spacial score (nSPS) is 15.6. The van der Waals surface area contributed by atoms with Gasteiger partial charge in [0.25, 0.3) is 0 Å². The van der Waals surface area contributed by atoms with Crippen molar-refractivity contribution in [3.63, 3.8) is 0 Å². The number of phenols is 1. The predicted molar refractivity (Wildman–Crippen MR) is 381 cm³/mol. The number of rotatable bonds is 42. The summed E-state index contributed by atoms with van der Waals surface area (Å²) in [4.78, 5) is 190. The molecular weight excluding hydrogens is 1370 g/mol. The van der Waals surface area contributed by atoms with E-state index in [1.54, 1.807) is 56.8 Å². The SMILES string of the molecule is CSCC[C@H](NC(=O)[C@H](CO)NC(=O)[C@@H]1CCCN1C(=O)[C@H](CO)NC(=O)[C@H](CCCN=C(N)N)NC(=O)[C@H](Cc1ccc(O)cc1)NC(=O)[C@@H](N)Cc1c[nH]c2ccccc12)C(=O)N[C@@H](Cc1c[nH]c2ccccc12)C(=O)N[C@@H](CCC(=O)O)C(=O)N[C@@H](CC(N)=O)C(=O)N[C@@H](CC(C)C)C(=O)O. The zero-order chi connectivity index (χ0) is 76.3. The molecule has 5 aromatic rings. The van der Waals surface area contributed by atoms with E-state index >= 15 is 0 Å². The second kappa shape index (κ2) is 40.1. The smallest absolute Gasteiger partial charge is 0.326 e. The van der Waals surface area contributed by atoms with E-state index in [9.17, 15) is 87.9 Å². The van der Waals surface area contributed by atoms with Gasteiger partial charge in [-0.3, -0.25) is 62.5 Å². The first-order valence-corrected chi connectivity index (χ1v) is 35.1. The number of hydrogen-bond acceptors (Lipinski definition) is 19. The lowest BCUT2D eigenvalue weighted by atomic mass is 10.0. The second-order valence-corrected chi connectivity index (χ2v) is 26.5. The number of fused-ring (bicyclic) bond motifs is 2. The number of amides is 11. The monoisotopic (exact) mass is 1470 g/mol. The summed E-state index contributed by atoms with van der Waals surface area (Å²) in [5.74, 6) is -14.3. The molecule has 0 aliphatic carbocycles. The van der Waals surface area contributed by atoms with E-state index in [0.29, 0.717) is 22.0 Å². The molecule has 1 aliphatic heterocycles. The molecule has 564 valence electrons. The molecule has 0 spiro atoms. The number of aromatic hydroxyl groups is 1. The van der Waals surface area contributed by atoms with Crippen LogP contribution >= 0.6 is 11.8 Å². The molecule has 0 saturated carbocycles. The van der Waals surface area contributed by atoms with Crippen molar-refractivity contribution < 1.29 is 87.9 Å². The molecule has 11 atom stereocenters. The summed E-state index contributed by atoms with van der Waals surface area (Å²) >= 11 is 1.26. The minimum Gasteiger partial charge on any atom is -0.508 e. The van der Waals surface area contributed by atoms with E-state index in [4.69, 9.17) is 22.9 Å². The Balaban J connectivity index is 1.17. The zero-order valence-corrected chi connectivity index (χ0v) is 58.5. The van der Waals surface area contributed by atoms with Gasteiger partial charge in [0, 0.05) is 66.6 Å². The van der Waals surface area contributed by atoms with Crippen LogP contribution in [-0.2, 0) is 81.6 Å². The number of benzene rings is 3. The van der Waals surface area contributed by atoms with Crippen molar-refractivity contribution in [1.29, 1.82) is 0 Å². The van der Waals surface area contributed by atoms with Crippen LogP contribution in [0.4, 0.5) is 0 Å². The molecular formula is C68H93N17O18S. The molecule has 0 unspecified atom stereocenters. The van der Waals surface area contributed by atoms with Crippen LogP contribution in [0.2, 0.25) is 0 Å². The summed E-state index contributed by atoms with van der Waals surface area (Å²) < 4.78 is 0. The van der Waals surface area contributed by atoms with Crippen molar-refractivity contribution in [3.8, 4) is 5.75 Å². The maximum atomic E-state index is 14.6. The third-order valence-electron chi connectivity index (χ3n) is 17.1. The first-order chi connectivity index (χ1) is 49.5. The molecule has 24 N–H and O–H groups in total. The topological polar surface area (TPSA) is 583 Å². The molecule has 104 heavy (non-hydrogen) atoms. The number of carboxylic acids is 2. The summed E-state index contributed by atoms with van der Waals surface area (Å²) in [6.45, 7) is 1.17. The first kappa shape index (κ1) is 82.1. The van der Waals surface area contributed by atoms with Gasteiger partial charge in [0.05, 0.1) is 25.7 Å². The van der Waals surface area contributed by atoms with E-state index in [0.717, 1.165) is 21.4 Å². The number of phenolic OH excluding ortho intramolecular Hbond substituents is 1. The third-order valence-corrected chi connectivity index (χ3v) is 17.7. The first-order valence-electron chi connectivity index (χ1n) is 33.7. The summed E-state index contributed by atoms with van der Waals surface area (Å²) in [5.41, 5.74) is 26.1. The number of nitrogens with zero attached hydrogens (tertiary/aromatic N) is 2. The van der Waals surface area contributed by atoms with Crippen LogP contribution < -0.4 is 70.8 Å². The fourth-order valence-corrected chi connectivity index (χ4v) is 12.2. The molecule has 1 fully saturated rings. The number of H-pyrrole nitrogens is 2. The molecule has 0 radical (unpaired) electrons. The van der Waals surface area contributed by atoms with Gasteiger partial charge >= 0.3 is 11.9 Å². The number of aliphatic hydroxyl groups is 2. The summed E-state index contributed by atoms with van der Waals surface area (Å²) in [7, 11) is 0. The summed E-state index contributed by atoms with van der Waals surface area (Å²) in [6.07, 6.45) is 2.30. The number of hydrogen-bond donors (Lipinski definition) is 20. The van der Waals surface area contributed by atoms with Crippen LogP contribution in [-0.4, -0.2) is 228 Å². The molecule has 0 bridgehead atoms. The quantitative estimate of drug-likeness (QED) is 0.0104. The summed E-state index contributed by atoms with van der Waals surface area (Å²) in [5, 5.41) is 74.6. The van der Waals surface area contributed by atoms with Crippen molar-refractivity contribution in [3.05, 3.63) is 102 Å². The number of carbonyl (C=O) groups is 13. The van der Waals surface area contributed by atoms with Gasteiger partial charge in [0.15, 0.2) is 5.96 Å². The van der Waals surface area contributed by atoms with Gasteiger partial charge in [-0.1, -0.05) is 62.4 Å². The molecule has 1 aliphatic rings. The Kier molecular flexibility index (Phi) is 31.7. The van der Waals surface area contributed by atoms with Crippen LogP contribution in [0.15, 0.2) is 90.2 Å². The highest BCUT2D eigenvalue weighted by molar-refractivity contribution is 7.98. The lowest BCUT2D eigenvalue weighted by Gasteiger charge is -2.30. The van der Waals surface area contributed by atoms with Gasteiger partial charge < -0.3 is 111 Å². The number of nitrogens with two attached hydrogens (primary N) is 4. The Morgan fingerprint density at radius 3 is 1.60 bits per heavy atom. The largest absolute Gasteiger partial charge is 0.508 e. The number of guanidine groups is 1. The molecule has 35 nitrogen and oxygen atoms in total. The van der Waals surface area contributed by atoms with Crippen LogP contribution in [0.1, 0.15) is 88.3 Å². The number of primary amides is 1. The highest BCUT2D eigenvalue weighted by atomic mass is 32.2. The van der Waals surface area contributed by atoms with Crippen molar-refractivity contribution >= 4 is 116 Å². The van der Waals surface area contributed by atoms with Crippen LogP contribution in [0, 0.1) is 5.92 Å². The van der Waals surface area contributed by atoms with E-state index in [2.05, 4.69) is 62.8 Å². The second-order valence-electron chi connectivity index (χ2n) is 25.5. The lowest BCUT2D eigenvalue weighted by Crippen LogP contribution is -2.61. The van der Waals surface area contributed by atoms with E-state index in [1.165, 1.54) is 36.0 Å². The number of carbonyl (C=O) groups excluding carboxylic acids is 11. The number of aromatic amines is 2. The van der Waals surface area contributed by atoms with Crippen molar-refractivity contribution in [1.82, 2.24) is 62.7 Å². The van der Waals surface area contributed by atoms with Gasteiger partial charge in [0.2, 0.25) is 65.0 Å². The molecule has 3 heterocycles. The Morgan fingerprint density at radius 2 is 1.06 bits per heavy atom. The molecule has 1 saturated heterocycles. The molecule has 2 aromatic heterocycles. The zero-order valence-electron chi connectivity index (χ0n) is 57.7. The number of para-hydroxylation sites is 2. The van der Waals surface area contributed by atoms with E-state index in [1.807, 2.05) is 24.3 Å². The summed E-state index contributed by atoms with van der Waals surface area (Å²) in [6, 6.07) is 2.90.